The number of nitro groups is 2. The van der Waals surface area contributed by atoms with Crippen molar-refractivity contribution in [1.29, 1.82) is 0 Å². The van der Waals surface area contributed by atoms with Crippen LogP contribution >= 0.6 is 0 Å². The topological polar surface area (TPSA) is 145 Å². The third kappa shape index (κ3) is 8.37. The maximum absolute atomic E-state index is 13.0. The maximum atomic E-state index is 13.0. The van der Waals surface area contributed by atoms with Gasteiger partial charge in [0.2, 0.25) is 0 Å². The van der Waals surface area contributed by atoms with Crippen molar-refractivity contribution in [3.05, 3.63) is 152 Å². The quantitative estimate of drug-likeness (QED) is 0.111. The van der Waals surface area contributed by atoms with E-state index in [1.165, 1.54) is 48.5 Å². The summed E-state index contributed by atoms with van der Waals surface area (Å²) in [6.45, 7) is 3.61. The molecule has 5 rings (SSSR count). The molecule has 2 atom stereocenters. The summed E-state index contributed by atoms with van der Waals surface area (Å²) in [7, 11) is 0. The Kier molecular flexibility index (Phi) is 10.4. The van der Waals surface area contributed by atoms with E-state index in [2.05, 4.69) is 9.80 Å². The van der Waals surface area contributed by atoms with E-state index >= 15 is 0 Å². The average Bonchev–Trinajstić information content (AvgIpc) is 3.09. The fraction of sp³-hybridized carbons (Fsp3) is 0.235. The predicted octanol–water partition coefficient (Wildman–Crippen LogP) is 5.62. The van der Waals surface area contributed by atoms with E-state index in [1.54, 1.807) is 0 Å². The highest BCUT2D eigenvalue weighted by atomic mass is 16.6. The first-order valence-electron chi connectivity index (χ1n) is 14.7. The molecule has 4 aromatic rings. The lowest BCUT2D eigenvalue weighted by Crippen LogP contribution is -2.49. The Bertz CT molecular complexity index is 1520. The summed E-state index contributed by atoms with van der Waals surface area (Å²) in [6.07, 6.45) is -1.12. The molecule has 0 spiro atoms. The first-order valence-corrected chi connectivity index (χ1v) is 14.7. The van der Waals surface area contributed by atoms with Crippen molar-refractivity contribution in [2.24, 2.45) is 0 Å². The summed E-state index contributed by atoms with van der Waals surface area (Å²) < 4.78 is 11.8. The summed E-state index contributed by atoms with van der Waals surface area (Å²) in [6, 6.07) is 29.5. The van der Waals surface area contributed by atoms with Crippen LogP contribution in [0.4, 0.5) is 11.4 Å². The number of hydrogen-bond acceptors (Lipinski definition) is 10. The van der Waals surface area contributed by atoms with Crippen LogP contribution in [0.3, 0.4) is 0 Å². The fourth-order valence-electron chi connectivity index (χ4n) is 5.21. The van der Waals surface area contributed by atoms with Crippen LogP contribution < -0.4 is 0 Å². The largest absolute Gasteiger partial charge is 0.453 e. The molecule has 0 bridgehead atoms. The number of nitro benzene ring substituents is 2. The van der Waals surface area contributed by atoms with E-state index < -0.39 is 34.0 Å². The van der Waals surface area contributed by atoms with Crippen LogP contribution in [-0.4, -0.2) is 70.9 Å². The van der Waals surface area contributed by atoms with Gasteiger partial charge in [0.25, 0.3) is 11.4 Å². The van der Waals surface area contributed by atoms with Gasteiger partial charge < -0.3 is 9.47 Å². The highest BCUT2D eigenvalue weighted by Crippen LogP contribution is 2.25. The van der Waals surface area contributed by atoms with Gasteiger partial charge in [-0.1, -0.05) is 60.7 Å². The second-order valence-electron chi connectivity index (χ2n) is 10.8. The van der Waals surface area contributed by atoms with Crippen LogP contribution in [0.15, 0.2) is 109 Å². The predicted molar refractivity (Wildman–Crippen MR) is 168 cm³/mol. The number of carbonyl (C=O) groups excluding carboxylic acids is 2. The number of carbonyl (C=O) groups is 2. The Balaban J connectivity index is 1.21. The lowest BCUT2D eigenvalue weighted by molar-refractivity contribution is -0.385. The number of benzene rings is 4. The molecule has 0 radical (unpaired) electrons. The van der Waals surface area contributed by atoms with E-state index in [-0.39, 0.29) is 22.5 Å². The highest BCUT2D eigenvalue weighted by molar-refractivity contribution is 5.90. The number of esters is 2. The van der Waals surface area contributed by atoms with Gasteiger partial charge in [-0.3, -0.25) is 30.0 Å². The molecule has 4 aromatic carbocycles. The number of hydrogen-bond donors (Lipinski definition) is 0. The zero-order valence-electron chi connectivity index (χ0n) is 24.8. The van der Waals surface area contributed by atoms with Crippen LogP contribution in [0.25, 0.3) is 0 Å². The van der Waals surface area contributed by atoms with Gasteiger partial charge in [0.05, 0.1) is 21.0 Å². The SMILES string of the molecule is O=C(OC(CN1CCN(CC(OC(=O)c2ccc([N+](=O)[O-])cc2)c2ccccc2)CC1)c1ccccc1)c1ccc([N+](=O)[O-])cc1. The van der Waals surface area contributed by atoms with Gasteiger partial charge in [-0.05, 0) is 35.4 Å². The molecule has 0 N–H and O–H groups in total. The summed E-state index contributed by atoms with van der Waals surface area (Å²) in [5, 5.41) is 22.0. The van der Waals surface area contributed by atoms with Crippen LogP contribution in [-0.2, 0) is 9.47 Å². The lowest BCUT2D eigenvalue weighted by atomic mass is 10.1. The van der Waals surface area contributed by atoms with Crippen LogP contribution in [0, 0.1) is 20.2 Å². The molecule has 0 saturated carbocycles. The van der Waals surface area contributed by atoms with Crippen molar-refractivity contribution < 1.29 is 28.9 Å². The number of nitrogens with zero attached hydrogens (tertiary/aromatic N) is 4. The van der Waals surface area contributed by atoms with Crippen molar-refractivity contribution in [1.82, 2.24) is 9.80 Å². The minimum Gasteiger partial charge on any atom is -0.453 e. The van der Waals surface area contributed by atoms with Gasteiger partial charge >= 0.3 is 11.9 Å². The molecule has 12 heteroatoms. The number of piperazine rings is 1. The summed E-state index contributed by atoms with van der Waals surface area (Å²) in [5.74, 6) is -1.13. The number of non-ortho nitro benzene ring substituents is 2. The fourth-order valence-corrected chi connectivity index (χ4v) is 5.21. The smallest absolute Gasteiger partial charge is 0.338 e. The molecule has 1 saturated heterocycles. The standard InChI is InChI=1S/C34H32N4O8/c39-33(27-11-15-29(16-12-27)37(41)42)45-31(25-7-3-1-4-8-25)23-35-19-21-36(22-20-35)24-32(26-9-5-2-6-10-26)46-34(40)28-13-17-30(18-14-28)38(43)44/h1-18,31-32H,19-24H2. The minimum absolute atomic E-state index is 0.107. The van der Waals surface area contributed by atoms with Crippen molar-refractivity contribution >= 4 is 23.3 Å². The second kappa shape index (κ2) is 15.0. The number of ether oxygens (including phenoxy) is 2. The molecular formula is C34H32N4O8. The van der Waals surface area contributed by atoms with Crippen molar-refractivity contribution in [2.45, 2.75) is 12.2 Å². The van der Waals surface area contributed by atoms with E-state index in [1.807, 2.05) is 60.7 Å². The first kappa shape index (κ1) is 31.9. The molecule has 12 nitrogen and oxygen atoms in total. The van der Waals surface area contributed by atoms with Crippen molar-refractivity contribution in [2.75, 3.05) is 39.3 Å². The Morgan fingerprint density at radius 1 is 0.565 bits per heavy atom. The molecule has 0 aromatic heterocycles. The molecule has 2 unspecified atom stereocenters. The molecule has 1 aliphatic rings. The van der Waals surface area contributed by atoms with Gasteiger partial charge in [0.15, 0.2) is 0 Å². The minimum atomic E-state index is -0.567. The van der Waals surface area contributed by atoms with Crippen LogP contribution in [0.2, 0.25) is 0 Å². The molecule has 1 heterocycles. The Morgan fingerprint density at radius 3 is 1.20 bits per heavy atom. The summed E-state index contributed by atoms with van der Waals surface area (Å²) in [5.41, 5.74) is 1.91. The molecule has 46 heavy (non-hydrogen) atoms. The molecule has 1 aliphatic heterocycles. The van der Waals surface area contributed by atoms with E-state index in [0.29, 0.717) is 39.3 Å². The summed E-state index contributed by atoms with van der Waals surface area (Å²) >= 11 is 0. The van der Waals surface area contributed by atoms with Gasteiger partial charge in [-0.15, -0.1) is 0 Å². The monoisotopic (exact) mass is 624 g/mol. The Labute approximate surface area is 265 Å². The average molecular weight is 625 g/mol. The molecular weight excluding hydrogens is 592 g/mol. The van der Waals surface area contributed by atoms with Crippen molar-refractivity contribution in [3.8, 4) is 0 Å². The third-order valence-electron chi connectivity index (χ3n) is 7.78. The zero-order chi connectivity index (χ0) is 32.5. The van der Waals surface area contributed by atoms with Gasteiger partial charge in [-0.25, -0.2) is 9.59 Å². The van der Waals surface area contributed by atoms with Crippen LogP contribution in [0.1, 0.15) is 44.1 Å². The second-order valence-corrected chi connectivity index (χ2v) is 10.8. The third-order valence-corrected chi connectivity index (χ3v) is 7.78. The maximum Gasteiger partial charge on any atom is 0.338 e. The lowest BCUT2D eigenvalue weighted by Gasteiger charge is -2.37. The Hall–Kier alpha value is -5.46. The summed E-state index contributed by atoms with van der Waals surface area (Å²) in [4.78, 5) is 51.4. The van der Waals surface area contributed by atoms with Gasteiger partial charge in [0, 0.05) is 63.5 Å². The van der Waals surface area contributed by atoms with Gasteiger partial charge in [0.1, 0.15) is 12.2 Å². The molecule has 0 aliphatic carbocycles. The van der Waals surface area contributed by atoms with Crippen LogP contribution in [0.5, 0.6) is 0 Å². The van der Waals surface area contributed by atoms with E-state index in [0.717, 1.165) is 11.1 Å². The van der Waals surface area contributed by atoms with E-state index in [4.69, 9.17) is 9.47 Å². The number of rotatable bonds is 12. The normalized spacial score (nSPS) is 15.0. The Morgan fingerprint density at radius 2 is 0.891 bits per heavy atom. The molecule has 236 valence electrons. The molecule has 0 amide bonds. The highest BCUT2D eigenvalue weighted by Gasteiger charge is 2.27. The zero-order valence-corrected chi connectivity index (χ0v) is 24.8. The first-order chi connectivity index (χ1) is 22.3. The van der Waals surface area contributed by atoms with E-state index in [9.17, 15) is 29.8 Å². The van der Waals surface area contributed by atoms with Crippen molar-refractivity contribution in [3.63, 3.8) is 0 Å². The molecule has 1 fully saturated rings. The van der Waals surface area contributed by atoms with Gasteiger partial charge in [-0.2, -0.15) is 0 Å².